The molecule has 0 bridgehead atoms. The number of hydrogen-bond donors (Lipinski definition) is 0. The maximum absolute atomic E-state index is 13.8. The van der Waals surface area contributed by atoms with Gasteiger partial charge in [0.2, 0.25) is 11.8 Å². The lowest BCUT2D eigenvalue weighted by Crippen LogP contribution is -2.51. The lowest BCUT2D eigenvalue weighted by Gasteiger charge is -2.36. The summed E-state index contributed by atoms with van der Waals surface area (Å²) in [5.74, 6) is -2.69. The zero-order valence-electron chi connectivity index (χ0n) is 13.1. The van der Waals surface area contributed by atoms with Gasteiger partial charge in [0.1, 0.15) is 11.6 Å². The lowest BCUT2D eigenvalue weighted by atomic mass is 9.98. The third kappa shape index (κ3) is 3.75. The van der Waals surface area contributed by atoms with Crippen LogP contribution in [-0.2, 0) is 9.59 Å². The second kappa shape index (κ2) is 7.35. The molecule has 124 valence electrons. The first-order chi connectivity index (χ1) is 11.0. The van der Waals surface area contributed by atoms with Crippen molar-refractivity contribution >= 4 is 11.8 Å². The number of benzene rings is 1. The first-order valence-corrected chi connectivity index (χ1v) is 7.57. The number of rotatable bonds is 4. The minimum atomic E-state index is -0.897. The molecule has 1 aromatic rings. The highest BCUT2D eigenvalue weighted by Gasteiger charge is 2.29. The number of halogens is 2. The monoisotopic (exact) mass is 322 g/mol. The molecule has 4 nitrogen and oxygen atoms in total. The number of piperazine rings is 1. The zero-order chi connectivity index (χ0) is 17.0. The zero-order valence-corrected chi connectivity index (χ0v) is 13.1. The highest BCUT2D eigenvalue weighted by atomic mass is 19.1. The Hall–Kier alpha value is -2.24. The predicted molar refractivity (Wildman–Crippen MR) is 82.7 cm³/mol. The Labute approximate surface area is 134 Å². The molecule has 1 heterocycles. The largest absolute Gasteiger partial charge is 0.339 e. The molecule has 0 radical (unpaired) electrons. The third-order valence-corrected chi connectivity index (χ3v) is 4.07. The van der Waals surface area contributed by atoms with Crippen LogP contribution in [0.5, 0.6) is 0 Å². The second-order valence-electron chi connectivity index (χ2n) is 5.56. The standard InChI is InChI=1S/C17H20F2N2O2/c1-3-5-15(22)20-8-10-21(11-9-20)17(23)12(2)16-13(18)6-4-7-14(16)19/h3-4,6-7,12H,1,5,8-11H2,2H3. The molecule has 6 heteroatoms. The van der Waals surface area contributed by atoms with E-state index in [0.29, 0.717) is 26.2 Å². The summed E-state index contributed by atoms with van der Waals surface area (Å²) in [6.45, 7) is 6.60. The van der Waals surface area contributed by atoms with Crippen LogP contribution in [0.15, 0.2) is 30.9 Å². The molecule has 0 aromatic heterocycles. The fourth-order valence-corrected chi connectivity index (χ4v) is 2.75. The van der Waals surface area contributed by atoms with E-state index >= 15 is 0 Å². The molecule has 0 saturated carbocycles. The van der Waals surface area contributed by atoms with Crippen LogP contribution in [0.25, 0.3) is 0 Å². The molecular formula is C17H20F2N2O2. The molecular weight excluding hydrogens is 302 g/mol. The molecule has 1 unspecified atom stereocenters. The van der Waals surface area contributed by atoms with E-state index in [2.05, 4.69) is 6.58 Å². The van der Waals surface area contributed by atoms with Crippen molar-refractivity contribution in [2.75, 3.05) is 26.2 Å². The molecule has 23 heavy (non-hydrogen) atoms. The fourth-order valence-electron chi connectivity index (χ4n) is 2.75. The Kier molecular flexibility index (Phi) is 5.47. The second-order valence-corrected chi connectivity index (χ2v) is 5.56. The number of carbonyl (C=O) groups is 2. The lowest BCUT2D eigenvalue weighted by molar-refractivity contribution is -0.139. The van der Waals surface area contributed by atoms with Crippen LogP contribution in [0.3, 0.4) is 0 Å². The van der Waals surface area contributed by atoms with E-state index in [1.807, 2.05) is 0 Å². The van der Waals surface area contributed by atoms with Crippen LogP contribution in [0.4, 0.5) is 8.78 Å². The summed E-state index contributed by atoms with van der Waals surface area (Å²) in [6, 6.07) is 3.57. The van der Waals surface area contributed by atoms with Crippen molar-refractivity contribution in [3.8, 4) is 0 Å². The summed E-state index contributed by atoms with van der Waals surface area (Å²) < 4.78 is 27.6. The molecule has 1 aromatic carbocycles. The molecule has 1 aliphatic rings. The van der Waals surface area contributed by atoms with E-state index in [4.69, 9.17) is 0 Å². The Bertz CT molecular complexity index is 590. The number of amides is 2. The van der Waals surface area contributed by atoms with Gasteiger partial charge < -0.3 is 9.80 Å². The van der Waals surface area contributed by atoms with Crippen LogP contribution in [0.1, 0.15) is 24.8 Å². The molecule has 2 amide bonds. The van der Waals surface area contributed by atoms with E-state index in [-0.39, 0.29) is 23.8 Å². The van der Waals surface area contributed by atoms with E-state index in [1.165, 1.54) is 13.0 Å². The fraction of sp³-hybridized carbons (Fsp3) is 0.412. The highest BCUT2D eigenvalue weighted by Crippen LogP contribution is 2.24. The summed E-state index contributed by atoms with van der Waals surface area (Å²) in [5, 5.41) is 0. The molecule has 1 saturated heterocycles. The summed E-state index contributed by atoms with van der Waals surface area (Å²) in [6.07, 6.45) is 1.81. The van der Waals surface area contributed by atoms with Gasteiger partial charge in [0.05, 0.1) is 5.92 Å². The smallest absolute Gasteiger partial charge is 0.230 e. The molecule has 0 N–H and O–H groups in total. The summed E-state index contributed by atoms with van der Waals surface area (Å²) in [4.78, 5) is 27.5. The van der Waals surface area contributed by atoms with Gasteiger partial charge in [-0.05, 0) is 19.1 Å². The quantitative estimate of drug-likeness (QED) is 0.798. The summed E-state index contributed by atoms with van der Waals surface area (Å²) in [7, 11) is 0. The maximum atomic E-state index is 13.8. The van der Waals surface area contributed by atoms with Crippen LogP contribution >= 0.6 is 0 Å². The van der Waals surface area contributed by atoms with Gasteiger partial charge >= 0.3 is 0 Å². The average molecular weight is 322 g/mol. The van der Waals surface area contributed by atoms with Gasteiger partial charge in [-0.25, -0.2) is 8.78 Å². The molecule has 2 rings (SSSR count). The van der Waals surface area contributed by atoms with Crippen LogP contribution in [0.2, 0.25) is 0 Å². The normalized spacial score (nSPS) is 16.1. The van der Waals surface area contributed by atoms with E-state index < -0.39 is 17.6 Å². The van der Waals surface area contributed by atoms with Gasteiger partial charge in [-0.15, -0.1) is 6.58 Å². The topological polar surface area (TPSA) is 40.6 Å². The van der Waals surface area contributed by atoms with Gasteiger partial charge in [-0.2, -0.15) is 0 Å². The van der Waals surface area contributed by atoms with Gasteiger partial charge in [0.15, 0.2) is 0 Å². The van der Waals surface area contributed by atoms with Crippen molar-refractivity contribution in [1.82, 2.24) is 9.80 Å². The first kappa shape index (κ1) is 17.1. The van der Waals surface area contributed by atoms with Gasteiger partial charge in [0, 0.05) is 38.2 Å². The molecule has 1 aliphatic heterocycles. The highest BCUT2D eigenvalue weighted by molar-refractivity contribution is 5.84. The summed E-state index contributed by atoms with van der Waals surface area (Å²) in [5.41, 5.74) is -0.206. The molecule has 1 atom stereocenters. The predicted octanol–water partition coefficient (Wildman–Crippen LogP) is 2.32. The van der Waals surface area contributed by atoms with Crippen LogP contribution < -0.4 is 0 Å². The molecule has 0 spiro atoms. The van der Waals surface area contributed by atoms with Crippen molar-refractivity contribution in [2.24, 2.45) is 0 Å². The van der Waals surface area contributed by atoms with Crippen LogP contribution in [-0.4, -0.2) is 47.8 Å². The number of hydrogen-bond acceptors (Lipinski definition) is 2. The average Bonchev–Trinajstić information content (AvgIpc) is 2.54. The van der Waals surface area contributed by atoms with Crippen LogP contribution in [0, 0.1) is 11.6 Å². The van der Waals surface area contributed by atoms with Crippen molar-refractivity contribution < 1.29 is 18.4 Å². The van der Waals surface area contributed by atoms with E-state index in [9.17, 15) is 18.4 Å². The van der Waals surface area contributed by atoms with Crippen molar-refractivity contribution in [3.63, 3.8) is 0 Å². The molecule has 1 fully saturated rings. The maximum Gasteiger partial charge on any atom is 0.230 e. The number of carbonyl (C=O) groups excluding carboxylic acids is 2. The van der Waals surface area contributed by atoms with E-state index in [0.717, 1.165) is 12.1 Å². The summed E-state index contributed by atoms with van der Waals surface area (Å²) >= 11 is 0. The van der Waals surface area contributed by atoms with Crippen molar-refractivity contribution in [2.45, 2.75) is 19.3 Å². The first-order valence-electron chi connectivity index (χ1n) is 7.57. The van der Waals surface area contributed by atoms with Gasteiger partial charge in [0.25, 0.3) is 0 Å². The Morgan fingerprint density at radius 2 is 1.70 bits per heavy atom. The van der Waals surface area contributed by atoms with E-state index in [1.54, 1.807) is 15.9 Å². The van der Waals surface area contributed by atoms with Gasteiger partial charge in [-0.1, -0.05) is 12.1 Å². The SMILES string of the molecule is C=CCC(=O)N1CCN(C(=O)C(C)c2c(F)cccc2F)CC1. The van der Waals surface area contributed by atoms with Crippen molar-refractivity contribution in [1.29, 1.82) is 0 Å². The Balaban J connectivity index is 2.02. The van der Waals surface area contributed by atoms with Crippen molar-refractivity contribution in [3.05, 3.63) is 48.1 Å². The molecule has 0 aliphatic carbocycles. The Morgan fingerprint density at radius 1 is 1.17 bits per heavy atom. The minimum Gasteiger partial charge on any atom is -0.339 e. The van der Waals surface area contributed by atoms with Gasteiger partial charge in [-0.3, -0.25) is 9.59 Å². The Morgan fingerprint density at radius 3 is 2.22 bits per heavy atom. The minimum absolute atomic E-state index is 0.0275. The number of nitrogens with zero attached hydrogens (tertiary/aromatic N) is 2. The third-order valence-electron chi connectivity index (χ3n) is 4.07.